The Balaban J connectivity index is 1.72. The van der Waals surface area contributed by atoms with E-state index in [1.807, 2.05) is 16.7 Å². The van der Waals surface area contributed by atoms with Gasteiger partial charge in [-0.3, -0.25) is 4.79 Å². The van der Waals surface area contributed by atoms with Crippen LogP contribution >= 0.6 is 23.2 Å². The van der Waals surface area contributed by atoms with E-state index in [0.717, 1.165) is 11.3 Å². The minimum absolute atomic E-state index is 0.227. The summed E-state index contributed by atoms with van der Waals surface area (Å²) in [6, 6.07) is 6.70. The van der Waals surface area contributed by atoms with Crippen molar-refractivity contribution in [3.63, 3.8) is 0 Å². The van der Waals surface area contributed by atoms with Crippen LogP contribution in [0, 0.1) is 0 Å². The molecule has 3 aromatic heterocycles. The summed E-state index contributed by atoms with van der Waals surface area (Å²) in [5.74, 6) is -0.227. The van der Waals surface area contributed by atoms with Gasteiger partial charge in [0, 0.05) is 24.2 Å². The average molecular weight is 321 g/mol. The van der Waals surface area contributed by atoms with E-state index in [0.29, 0.717) is 17.1 Å². The number of amides is 1. The minimum Gasteiger partial charge on any atom is -0.346 e. The summed E-state index contributed by atoms with van der Waals surface area (Å²) in [6.07, 6.45) is 5.07. The quantitative estimate of drug-likeness (QED) is 0.755. The summed E-state index contributed by atoms with van der Waals surface area (Å²) in [6.45, 7) is 0.318. The molecule has 3 rings (SSSR count). The highest BCUT2D eigenvalue weighted by atomic mass is 35.5. The molecule has 5 nitrogen and oxygen atoms in total. The maximum absolute atomic E-state index is 12.0. The zero-order valence-electron chi connectivity index (χ0n) is 10.8. The van der Waals surface area contributed by atoms with Gasteiger partial charge in [-0.15, -0.1) is 0 Å². The average Bonchev–Trinajstić information content (AvgIpc) is 2.86. The molecule has 0 saturated carbocycles. The Morgan fingerprint density at radius 3 is 2.90 bits per heavy atom. The van der Waals surface area contributed by atoms with Crippen molar-refractivity contribution in [2.75, 3.05) is 0 Å². The van der Waals surface area contributed by atoms with E-state index >= 15 is 0 Å². The summed E-state index contributed by atoms with van der Waals surface area (Å²) >= 11 is 11.7. The molecule has 7 heteroatoms. The number of imidazole rings is 1. The van der Waals surface area contributed by atoms with Crippen molar-refractivity contribution in [3.05, 3.63) is 64.3 Å². The van der Waals surface area contributed by atoms with Crippen LogP contribution in [0.2, 0.25) is 10.2 Å². The second-order valence-electron chi connectivity index (χ2n) is 4.39. The normalized spacial score (nSPS) is 10.8. The smallest absolute Gasteiger partial charge is 0.251 e. The van der Waals surface area contributed by atoms with E-state index in [9.17, 15) is 4.79 Å². The number of fused-ring (bicyclic) bond motifs is 1. The molecular formula is C14H10Cl2N4O. The van der Waals surface area contributed by atoms with Gasteiger partial charge in [-0.1, -0.05) is 23.2 Å². The van der Waals surface area contributed by atoms with Crippen LogP contribution in [0.5, 0.6) is 0 Å². The van der Waals surface area contributed by atoms with Crippen molar-refractivity contribution >= 4 is 34.8 Å². The largest absolute Gasteiger partial charge is 0.346 e. The van der Waals surface area contributed by atoms with Crippen LogP contribution in [0.4, 0.5) is 0 Å². The monoisotopic (exact) mass is 320 g/mol. The molecule has 106 valence electrons. The van der Waals surface area contributed by atoms with Crippen LogP contribution in [0.25, 0.3) is 5.65 Å². The van der Waals surface area contributed by atoms with Crippen molar-refractivity contribution in [2.24, 2.45) is 0 Å². The number of aromatic nitrogens is 3. The molecule has 0 aromatic carbocycles. The van der Waals surface area contributed by atoms with Gasteiger partial charge in [-0.05, 0) is 24.3 Å². The molecule has 0 saturated heterocycles. The minimum atomic E-state index is -0.227. The van der Waals surface area contributed by atoms with E-state index in [-0.39, 0.29) is 11.1 Å². The molecule has 0 radical (unpaired) electrons. The lowest BCUT2D eigenvalue weighted by atomic mass is 10.2. The van der Waals surface area contributed by atoms with Crippen LogP contribution in [0.15, 0.2) is 42.9 Å². The van der Waals surface area contributed by atoms with Crippen LogP contribution in [-0.2, 0) is 6.54 Å². The van der Waals surface area contributed by atoms with Gasteiger partial charge in [0.05, 0.1) is 17.3 Å². The highest BCUT2D eigenvalue weighted by Crippen LogP contribution is 2.12. The third-order valence-electron chi connectivity index (χ3n) is 2.88. The fraction of sp³-hybridized carbons (Fsp3) is 0.0714. The van der Waals surface area contributed by atoms with E-state index in [1.54, 1.807) is 18.3 Å². The molecule has 0 bridgehead atoms. The molecule has 0 aliphatic heterocycles. The van der Waals surface area contributed by atoms with Crippen molar-refractivity contribution in [3.8, 4) is 0 Å². The highest BCUT2D eigenvalue weighted by Gasteiger charge is 2.08. The third kappa shape index (κ3) is 3.15. The van der Waals surface area contributed by atoms with E-state index in [4.69, 9.17) is 23.2 Å². The fourth-order valence-electron chi connectivity index (χ4n) is 1.92. The number of pyridine rings is 2. The van der Waals surface area contributed by atoms with Crippen molar-refractivity contribution in [2.45, 2.75) is 6.54 Å². The Hall–Kier alpha value is -2.11. The number of carbonyl (C=O) groups excluding carboxylic acids is 1. The van der Waals surface area contributed by atoms with Crippen LogP contribution in [0.1, 0.15) is 16.1 Å². The number of rotatable bonds is 3. The Morgan fingerprint density at radius 2 is 2.10 bits per heavy atom. The predicted octanol–water partition coefficient (Wildman–Crippen LogP) is 2.97. The van der Waals surface area contributed by atoms with Crippen LogP contribution in [-0.4, -0.2) is 20.3 Å². The number of hydrogen-bond donors (Lipinski definition) is 1. The molecule has 21 heavy (non-hydrogen) atoms. The second kappa shape index (κ2) is 5.71. The maximum Gasteiger partial charge on any atom is 0.251 e. The lowest BCUT2D eigenvalue weighted by molar-refractivity contribution is 0.0950. The number of nitrogens with one attached hydrogen (secondary N) is 1. The van der Waals surface area contributed by atoms with Crippen molar-refractivity contribution in [1.82, 2.24) is 19.7 Å². The molecule has 3 aromatic rings. The van der Waals surface area contributed by atoms with Gasteiger partial charge in [0.25, 0.3) is 5.91 Å². The first-order valence-corrected chi connectivity index (χ1v) is 6.90. The van der Waals surface area contributed by atoms with Crippen molar-refractivity contribution < 1.29 is 4.79 Å². The fourth-order valence-corrected chi connectivity index (χ4v) is 2.26. The lowest BCUT2D eigenvalue weighted by Crippen LogP contribution is -2.22. The molecule has 1 amide bonds. The lowest BCUT2D eigenvalue weighted by Gasteiger charge is -2.02. The molecule has 0 aliphatic rings. The Bertz CT molecular complexity index is 816. The van der Waals surface area contributed by atoms with E-state index < -0.39 is 0 Å². The Labute approximate surface area is 130 Å². The summed E-state index contributed by atoms with van der Waals surface area (Å²) in [5, 5.41) is 3.69. The van der Waals surface area contributed by atoms with Gasteiger partial charge >= 0.3 is 0 Å². The SMILES string of the molecule is O=C(NCc1cn2cc(Cl)ccc2n1)c1ccnc(Cl)c1. The van der Waals surface area contributed by atoms with Gasteiger partial charge in [-0.2, -0.15) is 0 Å². The highest BCUT2D eigenvalue weighted by molar-refractivity contribution is 6.30. The van der Waals surface area contributed by atoms with Crippen LogP contribution in [0.3, 0.4) is 0 Å². The number of hydrogen-bond acceptors (Lipinski definition) is 3. The van der Waals surface area contributed by atoms with Gasteiger partial charge in [0.1, 0.15) is 10.8 Å². The Morgan fingerprint density at radius 1 is 1.24 bits per heavy atom. The standard InChI is InChI=1S/C14H10Cl2N4O/c15-10-1-2-13-19-11(8-20(13)7-10)6-18-14(21)9-3-4-17-12(16)5-9/h1-5,7-8H,6H2,(H,18,21). The number of carbonyl (C=O) groups is 1. The topological polar surface area (TPSA) is 59.3 Å². The summed E-state index contributed by atoms with van der Waals surface area (Å²) in [4.78, 5) is 20.2. The predicted molar refractivity (Wildman–Crippen MR) is 80.6 cm³/mol. The van der Waals surface area contributed by atoms with Crippen molar-refractivity contribution in [1.29, 1.82) is 0 Å². The van der Waals surface area contributed by atoms with E-state index in [2.05, 4.69) is 15.3 Å². The molecule has 0 aliphatic carbocycles. The van der Waals surface area contributed by atoms with Gasteiger partial charge < -0.3 is 9.72 Å². The molecule has 3 heterocycles. The molecule has 0 fully saturated rings. The summed E-state index contributed by atoms with van der Waals surface area (Å²) < 4.78 is 1.81. The van der Waals surface area contributed by atoms with Gasteiger partial charge in [0.15, 0.2) is 0 Å². The molecule has 1 N–H and O–H groups in total. The number of nitrogens with zero attached hydrogens (tertiary/aromatic N) is 3. The first kappa shape index (κ1) is 13.9. The molecular weight excluding hydrogens is 311 g/mol. The van der Waals surface area contributed by atoms with Crippen LogP contribution < -0.4 is 5.32 Å². The first-order chi connectivity index (χ1) is 10.1. The molecule has 0 spiro atoms. The van der Waals surface area contributed by atoms with Gasteiger partial charge in [0.2, 0.25) is 0 Å². The zero-order valence-corrected chi connectivity index (χ0v) is 12.3. The maximum atomic E-state index is 12.0. The Kier molecular flexibility index (Phi) is 3.77. The molecule has 0 atom stereocenters. The first-order valence-electron chi connectivity index (χ1n) is 6.15. The third-order valence-corrected chi connectivity index (χ3v) is 3.31. The number of halogens is 2. The van der Waals surface area contributed by atoms with Gasteiger partial charge in [-0.25, -0.2) is 9.97 Å². The second-order valence-corrected chi connectivity index (χ2v) is 5.22. The molecule has 0 unspecified atom stereocenters. The zero-order chi connectivity index (χ0) is 14.8. The summed E-state index contributed by atoms with van der Waals surface area (Å²) in [5.41, 5.74) is 1.98. The summed E-state index contributed by atoms with van der Waals surface area (Å²) in [7, 11) is 0. The van der Waals surface area contributed by atoms with E-state index in [1.165, 1.54) is 12.3 Å².